The topological polar surface area (TPSA) is 63.4 Å². The SMILES string of the molecule is CC1(C)CCCN1S(=O)(=O)c1cc(CN)ccc1Br. The van der Waals surface area contributed by atoms with Crippen molar-refractivity contribution in [2.24, 2.45) is 5.73 Å². The normalized spacial score (nSPS) is 19.8. The fourth-order valence-electron chi connectivity index (χ4n) is 2.52. The molecule has 1 heterocycles. The van der Waals surface area contributed by atoms with Crippen LogP contribution in [-0.2, 0) is 16.6 Å². The number of benzene rings is 1. The van der Waals surface area contributed by atoms with Crippen molar-refractivity contribution in [2.45, 2.75) is 43.7 Å². The molecule has 0 spiro atoms. The molecular weight excluding hydrogens is 328 g/mol. The first-order valence-corrected chi connectivity index (χ1v) is 8.54. The first-order valence-electron chi connectivity index (χ1n) is 6.30. The maximum absolute atomic E-state index is 12.8. The number of sulfonamides is 1. The monoisotopic (exact) mass is 346 g/mol. The Bertz CT molecular complexity index is 584. The van der Waals surface area contributed by atoms with Crippen LogP contribution in [0.15, 0.2) is 27.6 Å². The summed E-state index contributed by atoms with van der Waals surface area (Å²) >= 11 is 3.33. The first-order chi connectivity index (χ1) is 8.79. The van der Waals surface area contributed by atoms with Crippen LogP contribution >= 0.6 is 15.9 Å². The van der Waals surface area contributed by atoms with E-state index in [1.54, 1.807) is 16.4 Å². The quantitative estimate of drug-likeness (QED) is 0.914. The highest BCUT2D eigenvalue weighted by Gasteiger charge is 2.41. The molecule has 1 fully saturated rings. The second-order valence-electron chi connectivity index (χ2n) is 5.46. The fraction of sp³-hybridized carbons (Fsp3) is 0.538. The van der Waals surface area contributed by atoms with Crippen LogP contribution in [0.5, 0.6) is 0 Å². The average molecular weight is 347 g/mol. The van der Waals surface area contributed by atoms with E-state index in [0.29, 0.717) is 22.5 Å². The largest absolute Gasteiger partial charge is 0.326 e. The van der Waals surface area contributed by atoms with Gasteiger partial charge in [0.05, 0.1) is 4.90 Å². The summed E-state index contributed by atoms with van der Waals surface area (Å²) < 4.78 is 27.8. The van der Waals surface area contributed by atoms with Crippen molar-refractivity contribution < 1.29 is 8.42 Å². The lowest BCUT2D eigenvalue weighted by molar-refractivity contribution is 0.291. The van der Waals surface area contributed by atoms with Gasteiger partial charge in [-0.15, -0.1) is 0 Å². The number of nitrogens with two attached hydrogens (primary N) is 1. The molecule has 0 saturated carbocycles. The third kappa shape index (κ3) is 2.72. The van der Waals surface area contributed by atoms with E-state index in [1.165, 1.54) is 0 Å². The Morgan fingerprint density at radius 1 is 1.42 bits per heavy atom. The fourth-order valence-corrected chi connectivity index (χ4v) is 5.34. The van der Waals surface area contributed by atoms with Crippen molar-refractivity contribution in [3.05, 3.63) is 28.2 Å². The summed E-state index contributed by atoms with van der Waals surface area (Å²) in [7, 11) is -3.48. The van der Waals surface area contributed by atoms with Crippen molar-refractivity contribution in [2.75, 3.05) is 6.54 Å². The smallest absolute Gasteiger partial charge is 0.244 e. The predicted octanol–water partition coefficient (Wildman–Crippen LogP) is 2.47. The van der Waals surface area contributed by atoms with Crippen LogP contribution < -0.4 is 5.73 Å². The van der Waals surface area contributed by atoms with Gasteiger partial charge in [0.2, 0.25) is 10.0 Å². The van der Waals surface area contributed by atoms with Crippen LogP contribution in [0, 0.1) is 0 Å². The van der Waals surface area contributed by atoms with Crippen LogP contribution in [-0.4, -0.2) is 24.8 Å². The molecule has 0 aliphatic carbocycles. The summed E-state index contributed by atoms with van der Waals surface area (Å²) in [5.74, 6) is 0. The van der Waals surface area contributed by atoms with Gasteiger partial charge in [-0.1, -0.05) is 6.07 Å². The molecule has 0 radical (unpaired) electrons. The van der Waals surface area contributed by atoms with Gasteiger partial charge in [0.25, 0.3) is 0 Å². The lowest BCUT2D eigenvalue weighted by Gasteiger charge is -2.31. The number of hydrogen-bond donors (Lipinski definition) is 1. The van der Waals surface area contributed by atoms with Crippen molar-refractivity contribution >= 4 is 26.0 Å². The van der Waals surface area contributed by atoms with Crippen molar-refractivity contribution in [3.8, 4) is 0 Å². The van der Waals surface area contributed by atoms with Gasteiger partial charge in [0, 0.05) is 23.1 Å². The third-order valence-electron chi connectivity index (χ3n) is 3.62. The molecule has 1 aromatic rings. The molecular formula is C13H19BrN2O2S. The van der Waals surface area contributed by atoms with Gasteiger partial charge >= 0.3 is 0 Å². The second kappa shape index (κ2) is 5.16. The number of nitrogens with zero attached hydrogens (tertiary/aromatic N) is 1. The Balaban J connectivity index is 2.51. The first kappa shape index (κ1) is 15.0. The van der Waals surface area contributed by atoms with E-state index in [1.807, 2.05) is 19.9 Å². The van der Waals surface area contributed by atoms with Crippen LogP contribution in [0.4, 0.5) is 0 Å². The van der Waals surface area contributed by atoms with Crippen LogP contribution in [0.1, 0.15) is 32.3 Å². The highest BCUT2D eigenvalue weighted by molar-refractivity contribution is 9.10. The summed E-state index contributed by atoms with van der Waals surface area (Å²) in [6, 6.07) is 5.24. The van der Waals surface area contributed by atoms with Crippen LogP contribution in [0.3, 0.4) is 0 Å². The minimum atomic E-state index is -3.48. The minimum Gasteiger partial charge on any atom is -0.326 e. The number of hydrogen-bond acceptors (Lipinski definition) is 3. The molecule has 1 saturated heterocycles. The summed E-state index contributed by atoms with van der Waals surface area (Å²) in [4.78, 5) is 0.311. The molecule has 1 aliphatic rings. The molecule has 0 unspecified atom stereocenters. The highest BCUT2D eigenvalue weighted by Crippen LogP contribution is 2.36. The zero-order valence-electron chi connectivity index (χ0n) is 11.2. The molecule has 2 N–H and O–H groups in total. The Labute approximate surface area is 123 Å². The summed E-state index contributed by atoms with van der Waals surface area (Å²) in [5.41, 5.74) is 6.09. The van der Waals surface area contributed by atoms with Gasteiger partial charge in [-0.3, -0.25) is 0 Å². The van der Waals surface area contributed by atoms with Crippen molar-refractivity contribution in [3.63, 3.8) is 0 Å². The molecule has 0 bridgehead atoms. The third-order valence-corrected chi connectivity index (χ3v) is 6.73. The van der Waals surface area contributed by atoms with Crippen LogP contribution in [0.2, 0.25) is 0 Å². The van der Waals surface area contributed by atoms with Gasteiger partial charge in [0.1, 0.15) is 0 Å². The molecule has 1 aliphatic heterocycles. The number of rotatable bonds is 3. The zero-order valence-corrected chi connectivity index (χ0v) is 13.6. The Kier molecular flexibility index (Phi) is 4.07. The van der Waals surface area contributed by atoms with Gasteiger partial charge < -0.3 is 5.73 Å². The number of halogens is 1. The van der Waals surface area contributed by atoms with Gasteiger partial charge in [-0.2, -0.15) is 4.31 Å². The zero-order chi connectivity index (χ0) is 14.3. The molecule has 0 atom stereocenters. The second-order valence-corrected chi connectivity index (χ2v) is 8.15. The lowest BCUT2D eigenvalue weighted by atomic mass is 10.0. The summed E-state index contributed by atoms with van der Waals surface area (Å²) in [6.07, 6.45) is 1.79. The Hall–Kier alpha value is -0.430. The molecule has 106 valence electrons. The maximum atomic E-state index is 12.8. The molecule has 4 nitrogen and oxygen atoms in total. The van der Waals surface area contributed by atoms with E-state index in [0.717, 1.165) is 18.4 Å². The Morgan fingerprint density at radius 2 is 2.11 bits per heavy atom. The molecule has 1 aromatic carbocycles. The van der Waals surface area contributed by atoms with Crippen molar-refractivity contribution in [1.82, 2.24) is 4.31 Å². The lowest BCUT2D eigenvalue weighted by Crippen LogP contribution is -2.42. The van der Waals surface area contributed by atoms with E-state index < -0.39 is 10.0 Å². The Morgan fingerprint density at radius 3 is 2.63 bits per heavy atom. The van der Waals surface area contributed by atoms with E-state index in [9.17, 15) is 8.42 Å². The maximum Gasteiger partial charge on any atom is 0.244 e. The standard InChI is InChI=1S/C13H19BrN2O2S/c1-13(2)6-3-7-16(13)19(17,18)12-8-10(9-15)4-5-11(12)14/h4-5,8H,3,6-7,9,15H2,1-2H3. The molecule has 0 amide bonds. The summed E-state index contributed by atoms with van der Waals surface area (Å²) in [6.45, 7) is 4.85. The van der Waals surface area contributed by atoms with E-state index in [2.05, 4.69) is 15.9 Å². The van der Waals surface area contributed by atoms with E-state index in [-0.39, 0.29) is 5.54 Å². The average Bonchev–Trinajstić information content (AvgIpc) is 2.70. The van der Waals surface area contributed by atoms with Gasteiger partial charge in [-0.25, -0.2) is 8.42 Å². The summed E-state index contributed by atoms with van der Waals surface area (Å²) in [5, 5.41) is 0. The molecule has 6 heteroatoms. The predicted molar refractivity (Wildman–Crippen MR) is 79.2 cm³/mol. The highest BCUT2D eigenvalue weighted by atomic mass is 79.9. The molecule has 19 heavy (non-hydrogen) atoms. The van der Waals surface area contributed by atoms with Crippen LogP contribution in [0.25, 0.3) is 0 Å². The van der Waals surface area contributed by atoms with E-state index >= 15 is 0 Å². The minimum absolute atomic E-state index is 0.311. The van der Waals surface area contributed by atoms with E-state index in [4.69, 9.17) is 5.73 Å². The van der Waals surface area contributed by atoms with Crippen molar-refractivity contribution in [1.29, 1.82) is 0 Å². The molecule has 0 aromatic heterocycles. The van der Waals surface area contributed by atoms with Gasteiger partial charge in [0.15, 0.2) is 0 Å². The molecule has 2 rings (SSSR count). The van der Waals surface area contributed by atoms with Gasteiger partial charge in [-0.05, 0) is 60.3 Å².